The largest absolute Gasteiger partial charge is 0.354 e. The summed E-state index contributed by atoms with van der Waals surface area (Å²) in [6, 6.07) is 12.2. The minimum Gasteiger partial charge on any atom is -0.354 e. The first kappa shape index (κ1) is 17.1. The van der Waals surface area contributed by atoms with E-state index in [4.69, 9.17) is 4.99 Å². The van der Waals surface area contributed by atoms with Crippen LogP contribution >= 0.6 is 24.0 Å². The van der Waals surface area contributed by atoms with Gasteiger partial charge in [-0.15, -0.1) is 24.0 Å². The normalized spacial score (nSPS) is 23.2. The highest BCUT2D eigenvalue weighted by Gasteiger charge is 2.44. The molecule has 3 aliphatic carbocycles. The summed E-state index contributed by atoms with van der Waals surface area (Å²) in [7, 11) is 0. The molecular formula is C19H28IN3. The number of halogens is 1. The first-order chi connectivity index (χ1) is 10.8. The lowest BCUT2D eigenvalue weighted by molar-refractivity contribution is 0.605. The number of hydrogen-bond donors (Lipinski definition) is 2. The van der Waals surface area contributed by atoms with Gasteiger partial charge in [0.1, 0.15) is 0 Å². The predicted molar refractivity (Wildman–Crippen MR) is 107 cm³/mol. The fraction of sp³-hybridized carbons (Fsp3) is 0.632. The molecule has 0 saturated heterocycles. The maximum absolute atomic E-state index is 4.97. The van der Waals surface area contributed by atoms with Crippen LogP contribution in [-0.2, 0) is 5.41 Å². The molecule has 126 valence electrons. The third-order valence-corrected chi connectivity index (χ3v) is 5.39. The van der Waals surface area contributed by atoms with Crippen LogP contribution in [0.25, 0.3) is 0 Å². The van der Waals surface area contributed by atoms with Crippen LogP contribution in [0.3, 0.4) is 0 Å². The summed E-state index contributed by atoms with van der Waals surface area (Å²) in [5, 5.41) is 7.29. The molecule has 1 aromatic carbocycles. The van der Waals surface area contributed by atoms with Crippen molar-refractivity contribution in [1.82, 2.24) is 10.6 Å². The van der Waals surface area contributed by atoms with Crippen LogP contribution in [-0.4, -0.2) is 24.6 Å². The van der Waals surface area contributed by atoms with Crippen LogP contribution in [0, 0.1) is 0 Å². The van der Waals surface area contributed by atoms with E-state index in [-0.39, 0.29) is 24.0 Å². The number of guanidine groups is 1. The molecule has 1 aromatic rings. The van der Waals surface area contributed by atoms with Crippen LogP contribution in [0.4, 0.5) is 0 Å². The van der Waals surface area contributed by atoms with Crippen molar-refractivity contribution >= 4 is 29.9 Å². The van der Waals surface area contributed by atoms with Gasteiger partial charge in [0.05, 0.1) is 6.54 Å². The average molecular weight is 425 g/mol. The van der Waals surface area contributed by atoms with Crippen molar-refractivity contribution in [3.05, 3.63) is 35.9 Å². The number of aliphatic imine (C=N–C) groups is 1. The van der Waals surface area contributed by atoms with Crippen molar-refractivity contribution < 1.29 is 0 Å². The van der Waals surface area contributed by atoms with E-state index in [2.05, 4.69) is 41.0 Å². The summed E-state index contributed by atoms with van der Waals surface area (Å²) in [6.07, 6.45) is 10.5. The number of nitrogens with one attached hydrogen (secondary N) is 2. The van der Waals surface area contributed by atoms with Crippen LogP contribution in [0.1, 0.15) is 56.9 Å². The maximum atomic E-state index is 4.97. The molecule has 0 bridgehead atoms. The quantitative estimate of drug-likeness (QED) is 0.426. The first-order valence-corrected chi connectivity index (χ1v) is 8.97. The Morgan fingerprint density at radius 1 is 0.957 bits per heavy atom. The van der Waals surface area contributed by atoms with Gasteiger partial charge in [0.2, 0.25) is 0 Å². The van der Waals surface area contributed by atoms with Gasteiger partial charge < -0.3 is 10.6 Å². The molecule has 0 heterocycles. The summed E-state index contributed by atoms with van der Waals surface area (Å²) < 4.78 is 0. The summed E-state index contributed by atoms with van der Waals surface area (Å²) in [5.74, 6) is 1.07. The highest BCUT2D eigenvalue weighted by atomic mass is 127. The van der Waals surface area contributed by atoms with Crippen molar-refractivity contribution in [1.29, 1.82) is 0 Å². The van der Waals surface area contributed by atoms with Gasteiger partial charge >= 0.3 is 0 Å². The standard InChI is InChI=1S/C19H27N3.HI/c1-2-6-15(7-3-1)19(12-13-19)14-20-18(22-17-10-11-17)21-16-8-4-5-9-16;/h1-3,6-7,16-17H,4-5,8-14H2,(H2,20,21,22);1H. The molecule has 3 fully saturated rings. The van der Waals surface area contributed by atoms with Gasteiger partial charge in [-0.3, -0.25) is 4.99 Å². The van der Waals surface area contributed by atoms with Crippen LogP contribution < -0.4 is 10.6 Å². The second kappa shape index (κ2) is 7.41. The zero-order valence-electron chi connectivity index (χ0n) is 13.8. The molecule has 0 unspecified atom stereocenters. The third kappa shape index (κ3) is 4.40. The van der Waals surface area contributed by atoms with E-state index in [1.54, 1.807) is 0 Å². The number of rotatable bonds is 5. The molecule has 0 radical (unpaired) electrons. The molecule has 3 saturated carbocycles. The fourth-order valence-electron chi connectivity index (χ4n) is 3.53. The molecule has 0 spiro atoms. The van der Waals surface area contributed by atoms with Gasteiger partial charge in [0.25, 0.3) is 0 Å². The molecule has 4 rings (SSSR count). The third-order valence-electron chi connectivity index (χ3n) is 5.39. The second-order valence-electron chi connectivity index (χ2n) is 7.36. The van der Waals surface area contributed by atoms with E-state index in [1.807, 2.05) is 0 Å². The predicted octanol–water partition coefficient (Wildman–Crippen LogP) is 3.98. The summed E-state index contributed by atoms with van der Waals surface area (Å²) in [5.41, 5.74) is 1.78. The van der Waals surface area contributed by atoms with Gasteiger partial charge in [-0.1, -0.05) is 43.2 Å². The zero-order valence-corrected chi connectivity index (χ0v) is 16.1. The lowest BCUT2D eigenvalue weighted by Gasteiger charge is -2.19. The molecule has 4 heteroatoms. The molecule has 0 aliphatic heterocycles. The molecular weight excluding hydrogens is 397 g/mol. The molecule has 23 heavy (non-hydrogen) atoms. The maximum Gasteiger partial charge on any atom is 0.191 e. The summed E-state index contributed by atoms with van der Waals surface area (Å²) >= 11 is 0. The van der Waals surface area contributed by atoms with Crippen molar-refractivity contribution in [2.45, 2.75) is 68.9 Å². The average Bonchev–Trinajstić information content (AvgIpc) is 3.47. The Labute approximate surface area is 156 Å². The second-order valence-corrected chi connectivity index (χ2v) is 7.36. The Bertz CT molecular complexity index is 529. The summed E-state index contributed by atoms with van der Waals surface area (Å²) in [4.78, 5) is 4.97. The van der Waals surface area contributed by atoms with Crippen molar-refractivity contribution in [3.8, 4) is 0 Å². The van der Waals surface area contributed by atoms with Crippen molar-refractivity contribution in [3.63, 3.8) is 0 Å². The van der Waals surface area contributed by atoms with E-state index >= 15 is 0 Å². The van der Waals surface area contributed by atoms with E-state index < -0.39 is 0 Å². The monoisotopic (exact) mass is 425 g/mol. The van der Waals surface area contributed by atoms with E-state index in [0.29, 0.717) is 17.5 Å². The number of hydrogen-bond acceptors (Lipinski definition) is 1. The Morgan fingerprint density at radius 3 is 2.13 bits per heavy atom. The number of benzene rings is 1. The topological polar surface area (TPSA) is 36.4 Å². The molecule has 3 aliphatic rings. The molecule has 3 nitrogen and oxygen atoms in total. The fourth-order valence-corrected chi connectivity index (χ4v) is 3.53. The lowest BCUT2D eigenvalue weighted by atomic mass is 9.96. The lowest BCUT2D eigenvalue weighted by Crippen LogP contribution is -2.43. The van der Waals surface area contributed by atoms with Gasteiger partial charge in [-0.05, 0) is 44.1 Å². The Morgan fingerprint density at radius 2 is 1.57 bits per heavy atom. The van der Waals surface area contributed by atoms with E-state index in [9.17, 15) is 0 Å². The first-order valence-electron chi connectivity index (χ1n) is 8.97. The minimum absolute atomic E-state index is 0. The van der Waals surface area contributed by atoms with Gasteiger partial charge in [0, 0.05) is 17.5 Å². The molecule has 2 N–H and O–H groups in total. The van der Waals surface area contributed by atoms with Gasteiger partial charge in [-0.25, -0.2) is 0 Å². The van der Waals surface area contributed by atoms with Crippen LogP contribution in [0.2, 0.25) is 0 Å². The molecule has 0 aromatic heterocycles. The molecule has 0 atom stereocenters. The van der Waals surface area contributed by atoms with Crippen LogP contribution in [0.5, 0.6) is 0 Å². The summed E-state index contributed by atoms with van der Waals surface area (Å²) in [6.45, 7) is 0.922. The van der Waals surface area contributed by atoms with Crippen LogP contribution in [0.15, 0.2) is 35.3 Å². The van der Waals surface area contributed by atoms with Gasteiger partial charge in [0.15, 0.2) is 5.96 Å². The smallest absolute Gasteiger partial charge is 0.191 e. The van der Waals surface area contributed by atoms with Crippen molar-refractivity contribution in [2.24, 2.45) is 4.99 Å². The van der Waals surface area contributed by atoms with E-state index in [1.165, 1.54) is 56.9 Å². The Kier molecular flexibility index (Phi) is 5.49. The minimum atomic E-state index is 0. The highest BCUT2D eigenvalue weighted by Crippen LogP contribution is 2.48. The SMILES string of the molecule is I.c1ccc(C2(CN=C(NC3CCCC3)NC3CC3)CC2)cc1. The Hall–Kier alpha value is -0.780. The zero-order chi connectivity index (χ0) is 14.8. The van der Waals surface area contributed by atoms with E-state index in [0.717, 1.165) is 12.5 Å². The number of nitrogens with zero attached hydrogens (tertiary/aromatic N) is 1. The van der Waals surface area contributed by atoms with Gasteiger partial charge in [-0.2, -0.15) is 0 Å². The van der Waals surface area contributed by atoms with Crippen molar-refractivity contribution in [2.75, 3.05) is 6.54 Å². The highest BCUT2D eigenvalue weighted by molar-refractivity contribution is 14.0. The Balaban J connectivity index is 0.00000156. The molecule has 0 amide bonds.